The van der Waals surface area contributed by atoms with Gasteiger partial charge in [0, 0.05) is 0 Å². The maximum absolute atomic E-state index is 9.90. The van der Waals surface area contributed by atoms with Crippen molar-refractivity contribution in [2.45, 2.75) is 24.6 Å². The summed E-state index contributed by atoms with van der Waals surface area (Å²) in [7, 11) is 0. The molecule has 1 fully saturated rings. The standard InChI is InChI=1S/C10H13N5O6/c11-7-4-8(13-2-12-4)15-10(14-7)20-6-3(1-16)19-9(21-18)5(6)17/h2-3,5-6,9,16-18H,1H2,(H3,11,12,13,14,15)/t3-,5-,6-,9+/m1/s1. The van der Waals surface area contributed by atoms with Gasteiger partial charge in [-0.05, 0) is 0 Å². The van der Waals surface area contributed by atoms with E-state index in [1.165, 1.54) is 6.33 Å². The molecule has 11 heteroatoms. The molecule has 4 atom stereocenters. The Kier molecular flexibility index (Phi) is 3.57. The van der Waals surface area contributed by atoms with Crippen LogP contribution in [0.15, 0.2) is 6.33 Å². The molecule has 3 heterocycles. The zero-order valence-corrected chi connectivity index (χ0v) is 10.6. The smallest absolute Gasteiger partial charge is 0.321 e. The highest BCUT2D eigenvalue weighted by atomic mass is 17.1. The monoisotopic (exact) mass is 299 g/mol. The molecule has 114 valence electrons. The molecular weight excluding hydrogens is 286 g/mol. The molecular formula is C10H13N5O6. The quantitative estimate of drug-likeness (QED) is 0.322. The summed E-state index contributed by atoms with van der Waals surface area (Å²) in [4.78, 5) is 18.6. The molecule has 1 aliphatic rings. The minimum absolute atomic E-state index is 0.122. The average molecular weight is 299 g/mol. The molecule has 2 aromatic heterocycles. The van der Waals surface area contributed by atoms with Gasteiger partial charge in [-0.25, -0.2) is 15.1 Å². The second-order valence-corrected chi connectivity index (χ2v) is 4.40. The third-order valence-corrected chi connectivity index (χ3v) is 3.11. The Balaban J connectivity index is 1.86. The Morgan fingerprint density at radius 3 is 2.95 bits per heavy atom. The number of aliphatic hydroxyl groups excluding tert-OH is 2. The molecule has 3 rings (SSSR count). The Morgan fingerprint density at radius 2 is 2.24 bits per heavy atom. The van der Waals surface area contributed by atoms with Crippen LogP contribution in [-0.4, -0.2) is 66.6 Å². The number of anilines is 1. The summed E-state index contributed by atoms with van der Waals surface area (Å²) in [6.45, 7) is -0.457. The van der Waals surface area contributed by atoms with Crippen molar-refractivity contribution in [3.8, 4) is 6.01 Å². The minimum Gasteiger partial charge on any atom is -0.454 e. The largest absolute Gasteiger partial charge is 0.454 e. The molecule has 2 aromatic rings. The number of aliphatic hydroxyl groups is 2. The van der Waals surface area contributed by atoms with E-state index in [0.717, 1.165) is 0 Å². The number of H-pyrrole nitrogens is 1. The second-order valence-electron chi connectivity index (χ2n) is 4.40. The molecule has 11 nitrogen and oxygen atoms in total. The summed E-state index contributed by atoms with van der Waals surface area (Å²) in [5, 5.41) is 27.7. The number of imidazole rings is 1. The van der Waals surface area contributed by atoms with E-state index in [1.807, 2.05) is 0 Å². The van der Waals surface area contributed by atoms with Crippen LogP contribution in [0.5, 0.6) is 6.01 Å². The average Bonchev–Trinajstić information content (AvgIpc) is 3.05. The van der Waals surface area contributed by atoms with Gasteiger partial charge in [-0.15, -0.1) is 0 Å². The van der Waals surface area contributed by atoms with Crippen LogP contribution < -0.4 is 10.5 Å². The van der Waals surface area contributed by atoms with Gasteiger partial charge in [0.2, 0.25) is 6.29 Å². The third-order valence-electron chi connectivity index (χ3n) is 3.11. The van der Waals surface area contributed by atoms with Gasteiger partial charge in [-0.1, -0.05) is 0 Å². The first-order chi connectivity index (χ1) is 10.1. The van der Waals surface area contributed by atoms with E-state index in [4.69, 9.17) is 20.5 Å². The van der Waals surface area contributed by atoms with E-state index in [9.17, 15) is 10.2 Å². The molecule has 0 spiro atoms. The van der Waals surface area contributed by atoms with E-state index in [0.29, 0.717) is 11.2 Å². The van der Waals surface area contributed by atoms with Gasteiger partial charge in [0.1, 0.15) is 17.7 Å². The predicted molar refractivity (Wildman–Crippen MR) is 66.0 cm³/mol. The molecule has 0 aromatic carbocycles. The summed E-state index contributed by atoms with van der Waals surface area (Å²) in [5.74, 6) is 0.122. The van der Waals surface area contributed by atoms with E-state index >= 15 is 0 Å². The fourth-order valence-corrected chi connectivity index (χ4v) is 2.09. The van der Waals surface area contributed by atoms with Gasteiger partial charge < -0.3 is 30.4 Å². The van der Waals surface area contributed by atoms with Gasteiger partial charge >= 0.3 is 6.01 Å². The van der Waals surface area contributed by atoms with Crippen LogP contribution in [0.25, 0.3) is 11.2 Å². The van der Waals surface area contributed by atoms with Crippen LogP contribution in [0.3, 0.4) is 0 Å². The summed E-state index contributed by atoms with van der Waals surface area (Å²) >= 11 is 0. The van der Waals surface area contributed by atoms with Crippen LogP contribution in [0, 0.1) is 0 Å². The van der Waals surface area contributed by atoms with Gasteiger partial charge in [0.15, 0.2) is 17.6 Å². The number of nitrogen functional groups attached to an aromatic ring is 1. The zero-order chi connectivity index (χ0) is 15.0. The number of hydrogen-bond donors (Lipinski definition) is 5. The predicted octanol–water partition coefficient (Wildman–Crippen LogP) is -1.75. The lowest BCUT2D eigenvalue weighted by atomic mass is 10.1. The van der Waals surface area contributed by atoms with Gasteiger partial charge in [0.25, 0.3) is 0 Å². The minimum atomic E-state index is -1.34. The van der Waals surface area contributed by atoms with Crippen molar-refractivity contribution in [3.05, 3.63) is 6.33 Å². The van der Waals surface area contributed by atoms with Crippen molar-refractivity contribution < 1.29 is 29.8 Å². The van der Waals surface area contributed by atoms with E-state index in [1.54, 1.807) is 0 Å². The number of fused-ring (bicyclic) bond motifs is 1. The third kappa shape index (κ3) is 2.36. The molecule has 1 aliphatic heterocycles. The van der Waals surface area contributed by atoms with Crippen molar-refractivity contribution in [2.75, 3.05) is 12.3 Å². The van der Waals surface area contributed by atoms with Gasteiger partial charge in [-0.2, -0.15) is 9.97 Å². The molecule has 0 bridgehead atoms. The van der Waals surface area contributed by atoms with Gasteiger partial charge in [0.05, 0.1) is 12.9 Å². The fourth-order valence-electron chi connectivity index (χ4n) is 2.09. The van der Waals surface area contributed by atoms with E-state index < -0.39 is 31.2 Å². The van der Waals surface area contributed by atoms with Crippen molar-refractivity contribution in [1.29, 1.82) is 0 Å². The molecule has 1 saturated heterocycles. The van der Waals surface area contributed by atoms with Crippen LogP contribution in [0.1, 0.15) is 0 Å². The molecule has 0 amide bonds. The lowest BCUT2D eigenvalue weighted by Gasteiger charge is -2.18. The van der Waals surface area contributed by atoms with Crippen molar-refractivity contribution in [2.24, 2.45) is 0 Å². The maximum Gasteiger partial charge on any atom is 0.321 e. The summed E-state index contributed by atoms with van der Waals surface area (Å²) in [6, 6.07) is -0.142. The number of hydrogen-bond acceptors (Lipinski definition) is 10. The molecule has 0 saturated carbocycles. The Morgan fingerprint density at radius 1 is 1.43 bits per heavy atom. The summed E-state index contributed by atoms with van der Waals surface area (Å²) < 4.78 is 10.5. The number of nitrogens with one attached hydrogen (secondary N) is 1. The van der Waals surface area contributed by atoms with Crippen molar-refractivity contribution in [3.63, 3.8) is 0 Å². The fraction of sp³-hybridized carbons (Fsp3) is 0.500. The topological polar surface area (TPSA) is 169 Å². The number of nitrogens with two attached hydrogens (primary N) is 1. The maximum atomic E-state index is 9.90. The summed E-state index contributed by atoms with van der Waals surface area (Å²) in [6.07, 6.45) is -3.23. The number of ether oxygens (including phenoxy) is 2. The summed E-state index contributed by atoms with van der Waals surface area (Å²) in [5.41, 5.74) is 6.47. The molecule has 21 heavy (non-hydrogen) atoms. The number of aromatic amines is 1. The van der Waals surface area contributed by atoms with Crippen LogP contribution in [0.2, 0.25) is 0 Å². The van der Waals surface area contributed by atoms with Gasteiger partial charge in [-0.3, -0.25) is 0 Å². The first kappa shape index (κ1) is 13.9. The lowest BCUT2D eigenvalue weighted by Crippen LogP contribution is -2.40. The highest BCUT2D eigenvalue weighted by Crippen LogP contribution is 2.26. The number of aromatic nitrogens is 4. The first-order valence-electron chi connectivity index (χ1n) is 6.02. The highest BCUT2D eigenvalue weighted by molar-refractivity contribution is 5.81. The van der Waals surface area contributed by atoms with E-state index in [2.05, 4.69) is 24.8 Å². The Labute approximate surface area is 117 Å². The van der Waals surface area contributed by atoms with Crippen LogP contribution in [0.4, 0.5) is 5.82 Å². The second kappa shape index (κ2) is 5.38. The Hall–Kier alpha value is -2.05. The molecule has 0 radical (unpaired) electrons. The molecule has 6 N–H and O–H groups in total. The lowest BCUT2D eigenvalue weighted by molar-refractivity contribution is -0.354. The zero-order valence-electron chi connectivity index (χ0n) is 10.6. The first-order valence-corrected chi connectivity index (χ1v) is 6.02. The van der Waals surface area contributed by atoms with Crippen molar-refractivity contribution in [1.82, 2.24) is 19.9 Å². The SMILES string of the molecule is Nc1nc(O[C@H]2[C@@H](O)[C@H](OO)O[C@@H]2CO)nc2nc[nH]c12. The molecule has 0 unspecified atom stereocenters. The number of rotatable bonds is 4. The number of nitrogens with zero attached hydrogens (tertiary/aromatic N) is 3. The Bertz CT molecular complexity index is 633. The molecule has 0 aliphatic carbocycles. The van der Waals surface area contributed by atoms with E-state index in [-0.39, 0.29) is 11.8 Å². The normalized spacial score (nSPS) is 29.1. The van der Waals surface area contributed by atoms with Crippen LogP contribution >= 0.6 is 0 Å². The van der Waals surface area contributed by atoms with Crippen LogP contribution in [-0.2, 0) is 9.62 Å². The highest BCUT2D eigenvalue weighted by Gasteiger charge is 2.47. The van der Waals surface area contributed by atoms with Crippen molar-refractivity contribution >= 4 is 17.0 Å².